The molecule has 5 nitrogen and oxygen atoms in total. The minimum atomic E-state index is 0.0867. The summed E-state index contributed by atoms with van der Waals surface area (Å²) in [6.07, 6.45) is 0.555. The van der Waals surface area contributed by atoms with E-state index in [-0.39, 0.29) is 5.91 Å². The van der Waals surface area contributed by atoms with Gasteiger partial charge < -0.3 is 10.6 Å². The van der Waals surface area contributed by atoms with Crippen LogP contribution < -0.4 is 10.6 Å². The van der Waals surface area contributed by atoms with Crippen molar-refractivity contribution in [3.05, 3.63) is 41.8 Å². The number of fused-ring (bicyclic) bond motifs is 1. The highest BCUT2D eigenvalue weighted by molar-refractivity contribution is 7.13. The highest BCUT2D eigenvalue weighted by atomic mass is 32.1. The second kappa shape index (κ2) is 8.07. The normalized spacial score (nSPS) is 11.0. The van der Waals surface area contributed by atoms with E-state index in [2.05, 4.69) is 20.6 Å². The van der Waals surface area contributed by atoms with Gasteiger partial charge in [0.05, 0.1) is 10.4 Å². The van der Waals surface area contributed by atoms with Gasteiger partial charge in [0.25, 0.3) is 0 Å². The van der Waals surface area contributed by atoms with E-state index in [1.807, 2.05) is 55.6 Å². The van der Waals surface area contributed by atoms with Crippen LogP contribution in [0.1, 0.15) is 20.3 Å². The molecule has 0 fully saturated rings. The van der Waals surface area contributed by atoms with Crippen LogP contribution in [-0.2, 0) is 4.79 Å². The molecule has 0 aliphatic heterocycles. The number of thiophene rings is 1. The number of hydrogen-bond donors (Lipinski definition) is 2. The molecule has 3 aromatic rings. The third-order valence-corrected chi connectivity index (χ3v) is 4.54. The van der Waals surface area contributed by atoms with E-state index < -0.39 is 0 Å². The van der Waals surface area contributed by atoms with Crippen molar-refractivity contribution < 1.29 is 4.79 Å². The number of hydrogen-bond acceptors (Lipinski definition) is 5. The van der Waals surface area contributed by atoms with Crippen LogP contribution in [0.25, 0.3) is 21.6 Å². The highest BCUT2D eigenvalue weighted by Crippen LogP contribution is 2.27. The number of aromatic nitrogens is 2. The molecule has 0 aliphatic rings. The Morgan fingerprint density at radius 2 is 1.96 bits per heavy atom. The Bertz CT molecular complexity index is 846. The zero-order chi connectivity index (χ0) is 17.6. The summed E-state index contributed by atoms with van der Waals surface area (Å²) in [5, 5.41) is 9.27. The third kappa shape index (κ3) is 4.54. The first-order chi connectivity index (χ1) is 12.1. The van der Waals surface area contributed by atoms with Crippen molar-refractivity contribution in [1.82, 2.24) is 15.3 Å². The molecule has 1 amide bonds. The maximum absolute atomic E-state index is 11.7. The number of para-hydroxylation sites is 1. The van der Waals surface area contributed by atoms with E-state index in [1.165, 1.54) is 0 Å². The van der Waals surface area contributed by atoms with Crippen molar-refractivity contribution in [3.63, 3.8) is 0 Å². The number of carbonyl (C=O) groups is 1. The SMILES string of the molecule is CC(C)CC(=O)NCCNc1nc(-c2cccs2)nc2ccccc12. The van der Waals surface area contributed by atoms with E-state index in [9.17, 15) is 4.79 Å². The van der Waals surface area contributed by atoms with Crippen molar-refractivity contribution in [3.8, 4) is 10.7 Å². The van der Waals surface area contributed by atoms with Crippen LogP contribution in [0.15, 0.2) is 41.8 Å². The predicted molar refractivity (Wildman–Crippen MR) is 104 cm³/mol. The average molecular weight is 354 g/mol. The molecular formula is C19H22N4OS. The Labute approximate surface area is 151 Å². The molecule has 2 N–H and O–H groups in total. The third-order valence-electron chi connectivity index (χ3n) is 3.68. The summed E-state index contributed by atoms with van der Waals surface area (Å²) in [6, 6.07) is 12.0. The molecule has 1 aromatic carbocycles. The summed E-state index contributed by atoms with van der Waals surface area (Å²) in [6.45, 7) is 5.26. The molecule has 2 heterocycles. The van der Waals surface area contributed by atoms with Crippen LogP contribution in [0.5, 0.6) is 0 Å². The van der Waals surface area contributed by atoms with E-state index >= 15 is 0 Å². The van der Waals surface area contributed by atoms with Gasteiger partial charge in [0, 0.05) is 24.9 Å². The number of anilines is 1. The molecule has 0 atom stereocenters. The van der Waals surface area contributed by atoms with Gasteiger partial charge in [0.2, 0.25) is 5.91 Å². The fourth-order valence-electron chi connectivity index (χ4n) is 2.55. The molecule has 25 heavy (non-hydrogen) atoms. The summed E-state index contributed by atoms with van der Waals surface area (Å²) in [7, 11) is 0. The van der Waals surface area contributed by atoms with Crippen molar-refractivity contribution in [2.24, 2.45) is 5.92 Å². The summed E-state index contributed by atoms with van der Waals surface area (Å²) < 4.78 is 0. The van der Waals surface area contributed by atoms with Gasteiger partial charge in [-0.15, -0.1) is 11.3 Å². The lowest BCUT2D eigenvalue weighted by Crippen LogP contribution is -2.29. The van der Waals surface area contributed by atoms with Gasteiger partial charge in [0.15, 0.2) is 5.82 Å². The van der Waals surface area contributed by atoms with E-state index in [4.69, 9.17) is 0 Å². The van der Waals surface area contributed by atoms with Gasteiger partial charge in [-0.1, -0.05) is 32.0 Å². The molecule has 0 saturated carbocycles. The Hall–Kier alpha value is -2.47. The summed E-state index contributed by atoms with van der Waals surface area (Å²) in [4.78, 5) is 22.1. The number of nitrogens with one attached hydrogen (secondary N) is 2. The number of benzene rings is 1. The lowest BCUT2D eigenvalue weighted by molar-refractivity contribution is -0.121. The van der Waals surface area contributed by atoms with Gasteiger partial charge in [-0.2, -0.15) is 0 Å². The lowest BCUT2D eigenvalue weighted by atomic mass is 10.1. The second-order valence-electron chi connectivity index (χ2n) is 6.26. The lowest BCUT2D eigenvalue weighted by Gasteiger charge is -2.11. The van der Waals surface area contributed by atoms with Crippen molar-refractivity contribution >= 4 is 34.0 Å². The van der Waals surface area contributed by atoms with Crippen molar-refractivity contribution in [2.75, 3.05) is 18.4 Å². The van der Waals surface area contributed by atoms with Gasteiger partial charge in [0.1, 0.15) is 5.82 Å². The zero-order valence-electron chi connectivity index (χ0n) is 14.5. The van der Waals surface area contributed by atoms with Gasteiger partial charge >= 0.3 is 0 Å². The zero-order valence-corrected chi connectivity index (χ0v) is 15.3. The molecular weight excluding hydrogens is 332 g/mol. The molecule has 130 valence electrons. The summed E-state index contributed by atoms with van der Waals surface area (Å²) in [5.41, 5.74) is 0.909. The molecule has 3 rings (SSSR count). The van der Waals surface area contributed by atoms with Crippen molar-refractivity contribution in [1.29, 1.82) is 0 Å². The van der Waals surface area contributed by atoms with Gasteiger partial charge in [-0.05, 0) is 29.5 Å². The number of amides is 1. The first kappa shape index (κ1) is 17.4. The van der Waals surface area contributed by atoms with Crippen LogP contribution in [0.2, 0.25) is 0 Å². The second-order valence-corrected chi connectivity index (χ2v) is 7.21. The standard InChI is InChI=1S/C19H22N4OS/c1-13(2)12-17(24)20-9-10-21-18-14-6-3-4-7-15(14)22-19(23-18)16-8-5-11-25-16/h3-8,11,13H,9-10,12H2,1-2H3,(H,20,24)(H,21,22,23). The minimum Gasteiger partial charge on any atom is -0.368 e. The van der Waals surface area contributed by atoms with Crippen LogP contribution in [0.3, 0.4) is 0 Å². The topological polar surface area (TPSA) is 66.9 Å². The quantitative estimate of drug-likeness (QED) is 0.631. The Kier molecular flexibility index (Phi) is 5.60. The molecule has 0 bridgehead atoms. The summed E-state index contributed by atoms with van der Waals surface area (Å²) >= 11 is 1.62. The molecule has 6 heteroatoms. The fraction of sp³-hybridized carbons (Fsp3) is 0.316. The minimum absolute atomic E-state index is 0.0867. The highest BCUT2D eigenvalue weighted by Gasteiger charge is 2.10. The van der Waals surface area contributed by atoms with Gasteiger partial charge in [-0.3, -0.25) is 4.79 Å². The first-order valence-electron chi connectivity index (χ1n) is 8.44. The molecule has 2 aromatic heterocycles. The smallest absolute Gasteiger partial charge is 0.220 e. The summed E-state index contributed by atoms with van der Waals surface area (Å²) in [5.74, 6) is 1.97. The average Bonchev–Trinajstić information content (AvgIpc) is 3.12. The van der Waals surface area contributed by atoms with E-state index in [0.29, 0.717) is 25.4 Å². The predicted octanol–water partition coefficient (Wildman–Crippen LogP) is 3.93. The van der Waals surface area contributed by atoms with E-state index in [1.54, 1.807) is 11.3 Å². The van der Waals surface area contributed by atoms with Crippen molar-refractivity contribution in [2.45, 2.75) is 20.3 Å². The number of nitrogens with zero attached hydrogens (tertiary/aromatic N) is 2. The Morgan fingerprint density at radius 3 is 2.72 bits per heavy atom. The maximum atomic E-state index is 11.7. The number of carbonyl (C=O) groups excluding carboxylic acids is 1. The monoisotopic (exact) mass is 354 g/mol. The van der Waals surface area contributed by atoms with Gasteiger partial charge in [-0.25, -0.2) is 9.97 Å². The number of rotatable bonds is 7. The molecule has 0 radical (unpaired) electrons. The molecule has 0 unspecified atom stereocenters. The molecule has 0 saturated heterocycles. The maximum Gasteiger partial charge on any atom is 0.220 e. The van der Waals surface area contributed by atoms with Crippen LogP contribution in [0.4, 0.5) is 5.82 Å². The fourth-order valence-corrected chi connectivity index (χ4v) is 3.21. The first-order valence-corrected chi connectivity index (χ1v) is 9.32. The molecule has 0 spiro atoms. The van der Waals surface area contributed by atoms with Crippen LogP contribution in [0, 0.1) is 5.92 Å². The van der Waals surface area contributed by atoms with Crippen LogP contribution >= 0.6 is 11.3 Å². The van der Waals surface area contributed by atoms with Crippen LogP contribution in [-0.4, -0.2) is 29.0 Å². The Balaban J connectivity index is 1.73. The molecule has 0 aliphatic carbocycles. The Morgan fingerprint density at radius 1 is 1.12 bits per heavy atom. The van der Waals surface area contributed by atoms with E-state index in [0.717, 1.165) is 27.4 Å². The largest absolute Gasteiger partial charge is 0.368 e.